The number of Topliss-reactive ketones (excluding diaryl/α,β-unsaturated/α-hetero) is 1. The second kappa shape index (κ2) is 6.09. The van der Waals surface area contributed by atoms with Crippen LogP contribution in [0.2, 0.25) is 0 Å². The summed E-state index contributed by atoms with van der Waals surface area (Å²) < 4.78 is 0. The van der Waals surface area contributed by atoms with Crippen LogP contribution in [0.3, 0.4) is 0 Å². The Balaban J connectivity index is 2.26. The molecule has 0 aliphatic heterocycles. The Morgan fingerprint density at radius 2 is 1.67 bits per heavy atom. The van der Waals surface area contributed by atoms with Gasteiger partial charge in [-0.25, -0.2) is 0 Å². The molecular formula is C20H20O. The van der Waals surface area contributed by atoms with Crippen molar-refractivity contribution in [2.24, 2.45) is 0 Å². The summed E-state index contributed by atoms with van der Waals surface area (Å²) in [6, 6.07) is 18.7. The zero-order chi connectivity index (χ0) is 14.7. The maximum absolute atomic E-state index is 12.7. The molecular weight excluding hydrogens is 256 g/mol. The molecule has 21 heavy (non-hydrogen) atoms. The zero-order valence-corrected chi connectivity index (χ0v) is 12.4. The van der Waals surface area contributed by atoms with E-state index < -0.39 is 0 Å². The lowest BCUT2D eigenvalue weighted by Crippen LogP contribution is -2.03. The first-order valence-corrected chi connectivity index (χ1v) is 7.71. The summed E-state index contributed by atoms with van der Waals surface area (Å²) in [6.45, 7) is 2.14. The Kier molecular flexibility index (Phi) is 4.01. The van der Waals surface area contributed by atoms with Crippen molar-refractivity contribution in [1.82, 2.24) is 0 Å². The van der Waals surface area contributed by atoms with Crippen molar-refractivity contribution in [2.75, 3.05) is 0 Å². The highest BCUT2D eigenvalue weighted by Crippen LogP contribution is 2.35. The summed E-state index contributed by atoms with van der Waals surface area (Å²) in [6.07, 6.45) is 3.47. The van der Waals surface area contributed by atoms with Crippen molar-refractivity contribution >= 4 is 16.9 Å². The van der Waals surface area contributed by atoms with E-state index in [2.05, 4.69) is 37.3 Å². The van der Waals surface area contributed by atoms with Gasteiger partial charge < -0.3 is 0 Å². The first-order valence-electron chi connectivity index (χ1n) is 7.71. The number of carbonyl (C=O) groups is 1. The predicted molar refractivity (Wildman–Crippen MR) is 87.9 cm³/mol. The fraction of sp³-hybridized carbons (Fsp3) is 0.250. The van der Waals surface area contributed by atoms with Gasteiger partial charge in [0, 0.05) is 12.0 Å². The van der Waals surface area contributed by atoms with E-state index in [4.69, 9.17) is 0 Å². The van der Waals surface area contributed by atoms with Gasteiger partial charge in [-0.3, -0.25) is 4.79 Å². The Morgan fingerprint density at radius 1 is 0.952 bits per heavy atom. The topological polar surface area (TPSA) is 17.1 Å². The number of hydrogen-bond donors (Lipinski definition) is 0. The van der Waals surface area contributed by atoms with Crippen LogP contribution in [-0.4, -0.2) is 5.78 Å². The van der Waals surface area contributed by atoms with E-state index in [0.29, 0.717) is 12.2 Å². The molecule has 0 spiro atoms. The number of aryl methyl sites for hydroxylation is 1. The van der Waals surface area contributed by atoms with E-state index in [0.717, 1.165) is 30.4 Å². The molecule has 106 valence electrons. The summed E-state index contributed by atoms with van der Waals surface area (Å²) >= 11 is 0. The van der Waals surface area contributed by atoms with Gasteiger partial charge in [0.2, 0.25) is 0 Å². The Hall–Kier alpha value is -2.15. The molecule has 1 heteroatoms. The Morgan fingerprint density at radius 3 is 2.43 bits per heavy atom. The van der Waals surface area contributed by atoms with Crippen molar-refractivity contribution in [3.63, 3.8) is 0 Å². The fourth-order valence-corrected chi connectivity index (χ4v) is 3.19. The van der Waals surface area contributed by atoms with Crippen LogP contribution >= 0.6 is 0 Å². The Labute approximate surface area is 126 Å². The quantitative estimate of drug-likeness (QED) is 0.562. The van der Waals surface area contributed by atoms with Crippen LogP contribution in [0, 0.1) is 0 Å². The molecule has 0 saturated heterocycles. The van der Waals surface area contributed by atoms with Gasteiger partial charge >= 0.3 is 0 Å². The largest absolute Gasteiger partial charge is 0.294 e. The number of hydrogen-bond acceptors (Lipinski definition) is 1. The summed E-state index contributed by atoms with van der Waals surface area (Å²) in [7, 11) is 0. The van der Waals surface area contributed by atoms with Gasteiger partial charge in [0.1, 0.15) is 0 Å². The standard InChI is InChI=1S/C20H20O/c1-2-17(15-9-4-3-5-10-15)20-18-13-7-6-11-16(18)12-8-14-19(20)21/h3-7,9-11,13H,2,8,12,14H2,1H3/b20-17-. The molecule has 1 aliphatic rings. The van der Waals surface area contributed by atoms with Crippen molar-refractivity contribution in [3.05, 3.63) is 71.3 Å². The van der Waals surface area contributed by atoms with Crippen LogP contribution in [0.15, 0.2) is 54.6 Å². The van der Waals surface area contributed by atoms with Crippen LogP contribution in [0.1, 0.15) is 42.9 Å². The molecule has 0 heterocycles. The summed E-state index contributed by atoms with van der Waals surface area (Å²) in [5.41, 5.74) is 5.73. The highest BCUT2D eigenvalue weighted by atomic mass is 16.1. The van der Waals surface area contributed by atoms with Crippen LogP contribution in [-0.2, 0) is 11.2 Å². The molecule has 2 aromatic carbocycles. The smallest absolute Gasteiger partial charge is 0.163 e. The normalized spacial score (nSPS) is 17.1. The average molecular weight is 276 g/mol. The minimum absolute atomic E-state index is 0.292. The van der Waals surface area contributed by atoms with Crippen LogP contribution in [0.5, 0.6) is 0 Å². The van der Waals surface area contributed by atoms with Gasteiger partial charge in [0.05, 0.1) is 0 Å². The van der Waals surface area contributed by atoms with Crippen LogP contribution in [0.25, 0.3) is 11.1 Å². The van der Waals surface area contributed by atoms with E-state index >= 15 is 0 Å². The third-order valence-corrected chi connectivity index (χ3v) is 4.19. The molecule has 0 fully saturated rings. The molecule has 0 radical (unpaired) electrons. The van der Waals surface area contributed by atoms with E-state index in [1.165, 1.54) is 16.7 Å². The number of ketones is 1. The molecule has 0 atom stereocenters. The molecule has 0 unspecified atom stereocenters. The van der Waals surface area contributed by atoms with Gasteiger partial charge in [-0.1, -0.05) is 61.5 Å². The van der Waals surface area contributed by atoms with Gasteiger partial charge in [0.15, 0.2) is 5.78 Å². The number of benzene rings is 2. The third-order valence-electron chi connectivity index (χ3n) is 4.19. The van der Waals surface area contributed by atoms with Gasteiger partial charge in [0.25, 0.3) is 0 Å². The first kappa shape index (κ1) is 13.8. The monoisotopic (exact) mass is 276 g/mol. The second-order valence-corrected chi connectivity index (χ2v) is 5.51. The molecule has 2 aromatic rings. The minimum Gasteiger partial charge on any atom is -0.294 e. The Bertz CT molecular complexity index is 680. The van der Waals surface area contributed by atoms with Crippen molar-refractivity contribution in [1.29, 1.82) is 0 Å². The molecule has 3 rings (SSSR count). The average Bonchev–Trinajstić information content (AvgIpc) is 2.69. The number of allylic oxidation sites excluding steroid dienone is 2. The van der Waals surface area contributed by atoms with E-state index in [1.807, 2.05) is 24.3 Å². The SMILES string of the molecule is CC/C(=C1/C(=O)CCCc2ccccc21)c1ccccc1. The summed E-state index contributed by atoms with van der Waals surface area (Å²) in [5.74, 6) is 0.292. The fourth-order valence-electron chi connectivity index (χ4n) is 3.19. The molecule has 1 nitrogen and oxygen atoms in total. The maximum atomic E-state index is 12.7. The lowest BCUT2D eigenvalue weighted by Gasteiger charge is -2.14. The number of rotatable bonds is 2. The molecule has 0 aromatic heterocycles. The lowest BCUT2D eigenvalue weighted by atomic mass is 9.89. The van der Waals surface area contributed by atoms with Crippen LogP contribution in [0.4, 0.5) is 0 Å². The van der Waals surface area contributed by atoms with E-state index in [9.17, 15) is 4.79 Å². The zero-order valence-electron chi connectivity index (χ0n) is 12.4. The minimum atomic E-state index is 0.292. The van der Waals surface area contributed by atoms with E-state index in [-0.39, 0.29) is 0 Å². The summed E-state index contributed by atoms with van der Waals surface area (Å²) in [4.78, 5) is 12.7. The second-order valence-electron chi connectivity index (χ2n) is 5.51. The predicted octanol–water partition coefficient (Wildman–Crippen LogP) is 4.91. The van der Waals surface area contributed by atoms with Gasteiger partial charge in [-0.2, -0.15) is 0 Å². The van der Waals surface area contributed by atoms with Crippen molar-refractivity contribution < 1.29 is 4.79 Å². The molecule has 1 aliphatic carbocycles. The first-order chi connectivity index (χ1) is 10.3. The number of carbonyl (C=O) groups excluding carboxylic acids is 1. The summed E-state index contributed by atoms with van der Waals surface area (Å²) in [5, 5.41) is 0. The van der Waals surface area contributed by atoms with Crippen molar-refractivity contribution in [3.8, 4) is 0 Å². The highest BCUT2D eigenvalue weighted by Gasteiger charge is 2.22. The third kappa shape index (κ3) is 2.69. The maximum Gasteiger partial charge on any atom is 0.163 e. The molecule has 0 bridgehead atoms. The molecule has 0 amide bonds. The number of fused-ring (bicyclic) bond motifs is 1. The molecule has 0 N–H and O–H groups in total. The van der Waals surface area contributed by atoms with E-state index in [1.54, 1.807) is 0 Å². The highest BCUT2D eigenvalue weighted by molar-refractivity contribution is 6.28. The van der Waals surface area contributed by atoms with Crippen molar-refractivity contribution in [2.45, 2.75) is 32.6 Å². The van der Waals surface area contributed by atoms with Gasteiger partial charge in [-0.15, -0.1) is 0 Å². The molecule has 0 saturated carbocycles. The van der Waals surface area contributed by atoms with Crippen LogP contribution < -0.4 is 0 Å². The van der Waals surface area contributed by atoms with Gasteiger partial charge in [-0.05, 0) is 41.5 Å². The lowest BCUT2D eigenvalue weighted by molar-refractivity contribution is -0.113.